The molecule has 0 aromatic carbocycles. The number of hydrogen-bond acceptors (Lipinski definition) is 3. The molecule has 0 spiro atoms. The number of rotatable bonds is 3. The molecule has 1 saturated carbocycles. The summed E-state index contributed by atoms with van der Waals surface area (Å²) in [6.07, 6.45) is 3.68. The first-order valence-electron chi connectivity index (χ1n) is 8.20. The van der Waals surface area contributed by atoms with Gasteiger partial charge in [-0.2, -0.15) is 0 Å². The van der Waals surface area contributed by atoms with Gasteiger partial charge in [0.2, 0.25) is 0 Å². The highest BCUT2D eigenvalue weighted by Gasteiger charge is 2.46. The highest BCUT2D eigenvalue weighted by Crippen LogP contribution is 2.41. The molecule has 0 atom stereocenters. The SMILES string of the molecule is CC1CCC(CN2CC(C)(C)OC(C)(C)C2)(C(=O)O)CC1. The second-order valence-corrected chi connectivity index (χ2v) is 8.53. The van der Waals surface area contributed by atoms with E-state index >= 15 is 0 Å². The fraction of sp³-hybridized carbons (Fsp3) is 0.941. The third-order valence-electron chi connectivity index (χ3n) is 4.97. The van der Waals surface area contributed by atoms with Crippen LogP contribution >= 0.6 is 0 Å². The molecule has 1 N–H and O–H groups in total. The standard InChI is InChI=1S/C17H31NO3/c1-13-6-8-17(9-7-13,14(19)20)12-18-10-15(2,3)21-16(4,5)11-18/h13H,6-12H2,1-5H3,(H,19,20). The maximum atomic E-state index is 11.9. The molecule has 0 unspecified atom stereocenters. The van der Waals surface area contributed by atoms with Crippen molar-refractivity contribution in [3.8, 4) is 0 Å². The molecule has 1 aliphatic heterocycles. The number of carboxylic acid groups (broad SMARTS) is 1. The van der Waals surface area contributed by atoms with Gasteiger partial charge in [0, 0.05) is 19.6 Å². The quantitative estimate of drug-likeness (QED) is 0.869. The second-order valence-electron chi connectivity index (χ2n) is 8.53. The zero-order chi connectivity index (χ0) is 15.9. The predicted molar refractivity (Wildman–Crippen MR) is 83.4 cm³/mol. The first-order chi connectivity index (χ1) is 9.54. The van der Waals surface area contributed by atoms with E-state index in [4.69, 9.17) is 4.74 Å². The largest absolute Gasteiger partial charge is 0.481 e. The van der Waals surface area contributed by atoms with Crippen molar-refractivity contribution < 1.29 is 14.6 Å². The van der Waals surface area contributed by atoms with E-state index in [2.05, 4.69) is 39.5 Å². The maximum Gasteiger partial charge on any atom is 0.310 e. The van der Waals surface area contributed by atoms with Crippen LogP contribution in [0.5, 0.6) is 0 Å². The second kappa shape index (κ2) is 5.54. The lowest BCUT2D eigenvalue weighted by atomic mass is 9.70. The van der Waals surface area contributed by atoms with E-state index < -0.39 is 11.4 Å². The molecule has 4 nitrogen and oxygen atoms in total. The maximum absolute atomic E-state index is 11.9. The molecule has 0 bridgehead atoms. The number of hydrogen-bond donors (Lipinski definition) is 1. The third-order valence-corrected chi connectivity index (χ3v) is 4.97. The molecule has 1 heterocycles. The summed E-state index contributed by atoms with van der Waals surface area (Å²) in [5.74, 6) is 0.0477. The van der Waals surface area contributed by atoms with Gasteiger partial charge >= 0.3 is 5.97 Å². The van der Waals surface area contributed by atoms with Crippen molar-refractivity contribution >= 4 is 5.97 Å². The Morgan fingerprint density at radius 1 is 1.14 bits per heavy atom. The fourth-order valence-corrected chi connectivity index (χ4v) is 4.24. The average Bonchev–Trinajstić information content (AvgIpc) is 2.28. The van der Waals surface area contributed by atoms with E-state index in [-0.39, 0.29) is 11.2 Å². The van der Waals surface area contributed by atoms with Gasteiger partial charge < -0.3 is 9.84 Å². The van der Waals surface area contributed by atoms with Crippen molar-refractivity contribution in [1.82, 2.24) is 4.90 Å². The van der Waals surface area contributed by atoms with E-state index in [9.17, 15) is 9.90 Å². The molecule has 2 rings (SSSR count). The minimum atomic E-state index is -0.614. The molecule has 0 radical (unpaired) electrons. The topological polar surface area (TPSA) is 49.8 Å². The Morgan fingerprint density at radius 2 is 1.62 bits per heavy atom. The molecule has 21 heavy (non-hydrogen) atoms. The van der Waals surface area contributed by atoms with Gasteiger partial charge in [0.1, 0.15) is 0 Å². The Hall–Kier alpha value is -0.610. The molecular formula is C17H31NO3. The van der Waals surface area contributed by atoms with Gasteiger partial charge in [-0.05, 0) is 59.3 Å². The lowest BCUT2D eigenvalue weighted by Crippen LogP contribution is -2.60. The van der Waals surface area contributed by atoms with Gasteiger partial charge in [-0.1, -0.05) is 6.92 Å². The van der Waals surface area contributed by atoms with Gasteiger partial charge in [-0.3, -0.25) is 9.69 Å². The lowest BCUT2D eigenvalue weighted by Gasteiger charge is -2.50. The zero-order valence-corrected chi connectivity index (χ0v) is 14.2. The van der Waals surface area contributed by atoms with Crippen LogP contribution in [0, 0.1) is 11.3 Å². The Labute approximate surface area is 128 Å². The zero-order valence-electron chi connectivity index (χ0n) is 14.2. The van der Waals surface area contributed by atoms with Crippen LogP contribution in [0.3, 0.4) is 0 Å². The smallest absolute Gasteiger partial charge is 0.310 e. The van der Waals surface area contributed by atoms with E-state index in [0.29, 0.717) is 12.5 Å². The molecule has 2 aliphatic rings. The summed E-state index contributed by atoms with van der Waals surface area (Å²) in [4.78, 5) is 14.2. The van der Waals surface area contributed by atoms with Crippen LogP contribution in [0.1, 0.15) is 60.3 Å². The number of ether oxygens (including phenoxy) is 1. The van der Waals surface area contributed by atoms with Gasteiger partial charge in [0.05, 0.1) is 16.6 Å². The predicted octanol–water partition coefficient (Wildman–Crippen LogP) is 3.16. The minimum absolute atomic E-state index is 0.219. The average molecular weight is 297 g/mol. The summed E-state index contributed by atoms with van der Waals surface area (Å²) in [6, 6.07) is 0. The van der Waals surface area contributed by atoms with Crippen molar-refractivity contribution in [3.05, 3.63) is 0 Å². The number of aliphatic carboxylic acids is 1. The number of nitrogens with zero attached hydrogens (tertiary/aromatic N) is 1. The molecule has 0 aromatic rings. The monoisotopic (exact) mass is 297 g/mol. The van der Waals surface area contributed by atoms with Crippen molar-refractivity contribution in [2.45, 2.75) is 71.5 Å². The summed E-state index contributed by atoms with van der Waals surface area (Å²) in [6.45, 7) is 12.9. The molecule has 0 amide bonds. The summed E-state index contributed by atoms with van der Waals surface area (Å²) in [5.41, 5.74) is -0.997. The van der Waals surface area contributed by atoms with Crippen molar-refractivity contribution in [2.75, 3.05) is 19.6 Å². The van der Waals surface area contributed by atoms with E-state index in [1.807, 2.05) is 0 Å². The van der Waals surface area contributed by atoms with Crippen molar-refractivity contribution in [3.63, 3.8) is 0 Å². The molecule has 2 fully saturated rings. The number of carboxylic acids is 1. The molecular weight excluding hydrogens is 266 g/mol. The van der Waals surface area contributed by atoms with Gasteiger partial charge in [0.15, 0.2) is 0 Å². The molecule has 1 aliphatic carbocycles. The molecule has 1 saturated heterocycles. The Morgan fingerprint density at radius 3 is 2.05 bits per heavy atom. The fourth-order valence-electron chi connectivity index (χ4n) is 4.24. The van der Waals surface area contributed by atoms with Crippen LogP contribution in [0.15, 0.2) is 0 Å². The van der Waals surface area contributed by atoms with Crippen LogP contribution in [0.4, 0.5) is 0 Å². The summed E-state index contributed by atoms with van der Waals surface area (Å²) >= 11 is 0. The Kier molecular flexibility index (Phi) is 4.42. The number of morpholine rings is 1. The van der Waals surface area contributed by atoms with E-state index in [1.165, 1.54) is 0 Å². The minimum Gasteiger partial charge on any atom is -0.481 e. The van der Waals surface area contributed by atoms with Crippen molar-refractivity contribution in [1.29, 1.82) is 0 Å². The van der Waals surface area contributed by atoms with Crippen LogP contribution in [0.25, 0.3) is 0 Å². The highest BCUT2D eigenvalue weighted by atomic mass is 16.5. The normalized spacial score (nSPS) is 36.3. The molecule has 4 heteroatoms. The van der Waals surface area contributed by atoms with E-state index in [0.717, 1.165) is 38.8 Å². The molecule has 122 valence electrons. The first kappa shape index (κ1) is 16.8. The van der Waals surface area contributed by atoms with Crippen LogP contribution < -0.4 is 0 Å². The van der Waals surface area contributed by atoms with Gasteiger partial charge in [-0.25, -0.2) is 0 Å². The third kappa shape index (κ3) is 3.98. The van der Waals surface area contributed by atoms with Gasteiger partial charge in [0.25, 0.3) is 0 Å². The summed E-state index contributed by atoms with van der Waals surface area (Å²) in [7, 11) is 0. The Bertz CT molecular complexity index is 379. The lowest BCUT2D eigenvalue weighted by molar-refractivity contribution is -0.189. The van der Waals surface area contributed by atoms with Crippen molar-refractivity contribution in [2.24, 2.45) is 11.3 Å². The van der Waals surface area contributed by atoms with Crippen LogP contribution in [-0.4, -0.2) is 46.8 Å². The summed E-state index contributed by atoms with van der Waals surface area (Å²) < 4.78 is 6.10. The summed E-state index contributed by atoms with van der Waals surface area (Å²) in [5, 5.41) is 9.81. The van der Waals surface area contributed by atoms with Crippen LogP contribution in [-0.2, 0) is 9.53 Å². The van der Waals surface area contributed by atoms with Crippen LogP contribution in [0.2, 0.25) is 0 Å². The number of carbonyl (C=O) groups is 1. The highest BCUT2D eigenvalue weighted by molar-refractivity contribution is 5.75. The van der Waals surface area contributed by atoms with Gasteiger partial charge in [-0.15, -0.1) is 0 Å². The first-order valence-corrected chi connectivity index (χ1v) is 8.20. The molecule has 0 aromatic heterocycles. The van der Waals surface area contributed by atoms with E-state index in [1.54, 1.807) is 0 Å². The Balaban J connectivity index is 2.12.